The Balaban J connectivity index is 2.26. The summed E-state index contributed by atoms with van der Waals surface area (Å²) in [5.74, 6) is 0.308. The smallest absolute Gasteiger partial charge is 0.466 e. The molecule has 0 amide bonds. The van der Waals surface area contributed by atoms with Crippen LogP contribution in [-0.2, 0) is 23.6 Å². The number of rotatable bonds is 6. The molecule has 0 radical (unpaired) electrons. The third kappa shape index (κ3) is 4.52. The molecule has 0 spiro atoms. The molecule has 1 heterocycles. The van der Waals surface area contributed by atoms with Gasteiger partial charge in [0.15, 0.2) is 0 Å². The van der Waals surface area contributed by atoms with Gasteiger partial charge in [-0.05, 0) is 71.2 Å². The highest BCUT2D eigenvalue weighted by Crippen LogP contribution is 2.43. The average Bonchev–Trinajstić information content (AvgIpc) is 2.67. The van der Waals surface area contributed by atoms with Crippen molar-refractivity contribution in [1.29, 1.82) is 0 Å². The normalized spacial score (nSPS) is 30.7. The van der Waals surface area contributed by atoms with Crippen LogP contribution in [0.25, 0.3) is 0 Å². The summed E-state index contributed by atoms with van der Waals surface area (Å²) in [5, 5.41) is 0. The van der Waals surface area contributed by atoms with Crippen molar-refractivity contribution >= 4 is 13.1 Å². The summed E-state index contributed by atoms with van der Waals surface area (Å²) in [4.78, 5) is 12.4. The molecule has 26 heavy (non-hydrogen) atoms. The number of hydrogen-bond acceptors (Lipinski definition) is 5. The summed E-state index contributed by atoms with van der Waals surface area (Å²) in [6.45, 7) is 13.4. The van der Waals surface area contributed by atoms with Gasteiger partial charge in [0.25, 0.3) is 0 Å². The number of hydrogen-bond donors (Lipinski definition) is 0. The van der Waals surface area contributed by atoms with Crippen LogP contribution in [0, 0.1) is 17.8 Å². The lowest BCUT2D eigenvalue weighted by Gasteiger charge is -2.32. The fourth-order valence-electron chi connectivity index (χ4n) is 3.80. The summed E-state index contributed by atoms with van der Waals surface area (Å²) in [6.07, 6.45) is 4.63. The van der Waals surface area contributed by atoms with E-state index in [-0.39, 0.29) is 42.0 Å². The lowest BCUT2D eigenvalue weighted by molar-refractivity contribution is -0.149. The molecule has 0 aromatic heterocycles. The molecular formula is C20H35BO5. The molecule has 3 unspecified atom stereocenters. The number of allylic oxidation sites excluding steroid dienone is 2. The van der Waals surface area contributed by atoms with Crippen molar-refractivity contribution in [3.05, 3.63) is 11.5 Å². The van der Waals surface area contributed by atoms with E-state index in [1.165, 1.54) is 0 Å². The van der Waals surface area contributed by atoms with Crippen LogP contribution in [0.15, 0.2) is 11.5 Å². The van der Waals surface area contributed by atoms with E-state index in [0.29, 0.717) is 19.6 Å². The molecular weight excluding hydrogens is 331 g/mol. The second kappa shape index (κ2) is 8.45. The van der Waals surface area contributed by atoms with Gasteiger partial charge in [-0.3, -0.25) is 4.79 Å². The Kier molecular flexibility index (Phi) is 6.97. The first kappa shape index (κ1) is 21.5. The minimum Gasteiger partial charge on any atom is -0.466 e. The first-order valence-corrected chi connectivity index (χ1v) is 9.84. The van der Waals surface area contributed by atoms with Crippen molar-refractivity contribution in [2.24, 2.45) is 17.8 Å². The van der Waals surface area contributed by atoms with E-state index in [2.05, 4.69) is 40.7 Å². The van der Waals surface area contributed by atoms with Crippen LogP contribution in [0.2, 0.25) is 0 Å². The van der Waals surface area contributed by atoms with Gasteiger partial charge in [0.05, 0.1) is 23.7 Å². The molecule has 0 bridgehead atoms. The van der Waals surface area contributed by atoms with Crippen LogP contribution in [0.5, 0.6) is 0 Å². The van der Waals surface area contributed by atoms with E-state index in [0.717, 1.165) is 18.3 Å². The van der Waals surface area contributed by atoms with E-state index < -0.39 is 0 Å². The van der Waals surface area contributed by atoms with Crippen molar-refractivity contribution in [3.8, 4) is 0 Å². The van der Waals surface area contributed by atoms with E-state index in [1.54, 1.807) is 7.11 Å². The highest BCUT2D eigenvalue weighted by atomic mass is 16.7. The summed E-state index contributed by atoms with van der Waals surface area (Å²) < 4.78 is 23.2. The topological polar surface area (TPSA) is 54.0 Å². The largest absolute Gasteiger partial charge is 0.490 e. The van der Waals surface area contributed by atoms with Crippen LogP contribution in [0.3, 0.4) is 0 Å². The highest BCUT2D eigenvalue weighted by molar-refractivity contribution is 6.54. The van der Waals surface area contributed by atoms with Gasteiger partial charge in [-0.2, -0.15) is 0 Å². The average molecular weight is 366 g/mol. The predicted molar refractivity (Wildman–Crippen MR) is 103 cm³/mol. The minimum absolute atomic E-state index is 0.100. The lowest BCUT2D eigenvalue weighted by Crippen LogP contribution is -2.41. The molecule has 0 saturated carbocycles. The molecule has 2 aliphatic rings. The van der Waals surface area contributed by atoms with Crippen LogP contribution >= 0.6 is 0 Å². The Morgan fingerprint density at radius 2 is 1.88 bits per heavy atom. The maximum atomic E-state index is 12.4. The zero-order valence-electron chi connectivity index (χ0n) is 17.5. The maximum absolute atomic E-state index is 12.4. The molecule has 0 aromatic carbocycles. The van der Waals surface area contributed by atoms with Gasteiger partial charge in [-0.25, -0.2) is 0 Å². The Bertz CT molecular complexity index is 512. The maximum Gasteiger partial charge on any atom is 0.490 e. The fraction of sp³-hybridized carbons (Fsp3) is 0.850. The Morgan fingerprint density at radius 3 is 2.42 bits per heavy atom. The minimum atomic E-state index is -0.372. The molecule has 5 nitrogen and oxygen atoms in total. The molecule has 1 saturated heterocycles. The van der Waals surface area contributed by atoms with Gasteiger partial charge >= 0.3 is 13.1 Å². The lowest BCUT2D eigenvalue weighted by atomic mass is 9.68. The molecule has 1 fully saturated rings. The highest BCUT2D eigenvalue weighted by Gasteiger charge is 2.53. The van der Waals surface area contributed by atoms with Crippen LogP contribution in [0.1, 0.15) is 60.8 Å². The number of carbonyl (C=O) groups excluding carboxylic acids is 1. The van der Waals surface area contributed by atoms with E-state index in [1.807, 2.05) is 6.92 Å². The van der Waals surface area contributed by atoms with Crippen molar-refractivity contribution < 1.29 is 23.6 Å². The van der Waals surface area contributed by atoms with Crippen LogP contribution < -0.4 is 0 Å². The van der Waals surface area contributed by atoms with Gasteiger partial charge in [-0.1, -0.05) is 13.0 Å². The molecule has 148 valence electrons. The zero-order valence-corrected chi connectivity index (χ0v) is 17.5. The standard InChI is InChI=1S/C20H35BO5/c1-8-24-18(22)16-9-10-17(15(11-12-23-7)13-14(16)2)21-25-19(3,4)20(5,6)26-21/h10,14-16H,8-9,11-13H2,1-7H3. The van der Waals surface area contributed by atoms with Crippen LogP contribution in [-0.4, -0.2) is 44.6 Å². The zero-order chi connectivity index (χ0) is 19.5. The molecule has 2 rings (SSSR count). The van der Waals surface area contributed by atoms with Gasteiger partial charge in [0.1, 0.15) is 0 Å². The molecule has 1 aliphatic heterocycles. The molecule has 0 aromatic rings. The van der Waals surface area contributed by atoms with Crippen molar-refractivity contribution in [3.63, 3.8) is 0 Å². The SMILES string of the molecule is CCOC(=O)C1CC=C(B2OC(C)(C)C(C)(C)O2)C(CCOC)CC1C. The number of ether oxygens (including phenoxy) is 2. The Morgan fingerprint density at radius 1 is 1.27 bits per heavy atom. The first-order valence-electron chi connectivity index (χ1n) is 9.84. The van der Waals surface area contributed by atoms with E-state index in [9.17, 15) is 4.79 Å². The third-order valence-electron chi connectivity index (χ3n) is 6.21. The van der Waals surface area contributed by atoms with Crippen LogP contribution in [0.4, 0.5) is 0 Å². The second-order valence-corrected chi connectivity index (χ2v) is 8.58. The van der Waals surface area contributed by atoms with Crippen molar-refractivity contribution in [2.75, 3.05) is 20.3 Å². The Hall–Kier alpha value is -0.845. The number of methoxy groups -OCH3 is 1. The van der Waals surface area contributed by atoms with Gasteiger partial charge < -0.3 is 18.8 Å². The molecule has 0 N–H and O–H groups in total. The molecule has 1 aliphatic carbocycles. The summed E-state index contributed by atoms with van der Waals surface area (Å²) in [5.41, 5.74) is 0.408. The van der Waals surface area contributed by atoms with E-state index >= 15 is 0 Å². The molecule has 6 heteroatoms. The van der Waals surface area contributed by atoms with Crippen molar-refractivity contribution in [1.82, 2.24) is 0 Å². The first-order chi connectivity index (χ1) is 12.1. The summed E-state index contributed by atoms with van der Waals surface area (Å²) >= 11 is 0. The quantitative estimate of drug-likeness (QED) is 0.529. The summed E-state index contributed by atoms with van der Waals surface area (Å²) in [7, 11) is 1.36. The van der Waals surface area contributed by atoms with Crippen molar-refractivity contribution in [2.45, 2.75) is 72.0 Å². The summed E-state index contributed by atoms with van der Waals surface area (Å²) in [6, 6.07) is 0. The van der Waals surface area contributed by atoms with Gasteiger partial charge in [0.2, 0.25) is 0 Å². The monoisotopic (exact) mass is 366 g/mol. The number of esters is 1. The van der Waals surface area contributed by atoms with E-state index in [4.69, 9.17) is 18.8 Å². The van der Waals surface area contributed by atoms with Gasteiger partial charge in [0, 0.05) is 13.7 Å². The van der Waals surface area contributed by atoms with Gasteiger partial charge in [-0.15, -0.1) is 0 Å². The fourth-order valence-corrected chi connectivity index (χ4v) is 3.80. The number of carbonyl (C=O) groups is 1. The third-order valence-corrected chi connectivity index (χ3v) is 6.21. The predicted octanol–water partition coefficient (Wildman–Crippen LogP) is 3.81. The molecule has 3 atom stereocenters. The second-order valence-electron chi connectivity index (χ2n) is 8.58. The Labute approximate surface area is 158 Å².